The first kappa shape index (κ1) is 21.4. The number of nitrogens with zero attached hydrogens (tertiary/aromatic N) is 2. The highest BCUT2D eigenvalue weighted by Crippen LogP contribution is 2.67. The third-order valence-corrected chi connectivity index (χ3v) is 6.64. The van der Waals surface area contributed by atoms with Crippen LogP contribution in [0.4, 0.5) is 17.6 Å². The minimum atomic E-state index is -4.64. The van der Waals surface area contributed by atoms with Gasteiger partial charge in [-0.2, -0.15) is 0 Å². The van der Waals surface area contributed by atoms with E-state index in [9.17, 15) is 22.4 Å². The van der Waals surface area contributed by atoms with Gasteiger partial charge >= 0.3 is 6.36 Å². The fraction of sp³-hybridized carbons (Fsp3) is 0.550. The number of ether oxygens (including phenoxy) is 2. The van der Waals surface area contributed by atoms with E-state index in [2.05, 4.69) is 20.3 Å². The van der Waals surface area contributed by atoms with Gasteiger partial charge in [-0.15, -0.1) is 23.4 Å². The van der Waals surface area contributed by atoms with Gasteiger partial charge in [0.15, 0.2) is 6.61 Å². The Hall–Kier alpha value is -2.40. The number of carbonyl (C=O) groups excluding carboxylic acids is 1. The van der Waals surface area contributed by atoms with Crippen molar-refractivity contribution >= 4 is 17.5 Å². The first-order valence-electron chi connectivity index (χ1n) is 10.0. The molecule has 6 rings (SSSR count). The summed E-state index contributed by atoms with van der Waals surface area (Å²) < 4.78 is 65.2. The van der Waals surface area contributed by atoms with E-state index < -0.39 is 18.3 Å². The van der Waals surface area contributed by atoms with E-state index in [-0.39, 0.29) is 53.0 Å². The highest BCUT2D eigenvalue weighted by molar-refractivity contribution is 6.30. The third-order valence-electron chi connectivity index (χ3n) is 6.33. The largest absolute Gasteiger partial charge is 0.522 e. The van der Waals surface area contributed by atoms with Crippen LogP contribution in [-0.2, 0) is 14.9 Å². The zero-order chi connectivity index (χ0) is 22.7. The molecule has 1 aromatic heterocycles. The molecule has 0 unspecified atom stereocenters. The van der Waals surface area contributed by atoms with E-state index >= 15 is 0 Å². The fourth-order valence-corrected chi connectivity index (χ4v) is 4.98. The van der Waals surface area contributed by atoms with E-state index in [0.29, 0.717) is 31.0 Å². The van der Waals surface area contributed by atoms with Crippen molar-refractivity contribution in [3.05, 3.63) is 40.8 Å². The second kappa shape index (κ2) is 7.31. The van der Waals surface area contributed by atoms with Gasteiger partial charge in [0.2, 0.25) is 11.8 Å². The van der Waals surface area contributed by atoms with Gasteiger partial charge in [-0.25, -0.2) is 4.39 Å². The summed E-state index contributed by atoms with van der Waals surface area (Å²) in [5, 5.41) is 11.0. The number of halogens is 5. The van der Waals surface area contributed by atoms with Gasteiger partial charge in [-0.3, -0.25) is 9.53 Å². The first-order chi connectivity index (χ1) is 15.0. The summed E-state index contributed by atoms with van der Waals surface area (Å²) in [6.45, 7) is -0.261. The average Bonchev–Trinajstić information content (AvgIpc) is 3.09. The van der Waals surface area contributed by atoms with E-state index in [4.69, 9.17) is 20.8 Å². The number of nitrogens with one attached hydrogen (secondary N) is 1. The fourth-order valence-electron chi connectivity index (χ4n) is 4.86. The molecule has 2 aromatic rings. The van der Waals surface area contributed by atoms with Crippen molar-refractivity contribution in [3.8, 4) is 5.75 Å². The van der Waals surface area contributed by atoms with Crippen LogP contribution in [0.2, 0.25) is 5.02 Å². The predicted octanol–water partition coefficient (Wildman–Crippen LogP) is 4.01. The lowest BCUT2D eigenvalue weighted by Crippen LogP contribution is -2.77. The standard InChI is InChI=1S/C20H18ClF4N3O4/c21-13-2-1-11(5-14(13)22)30-6-15(29)26-19-7-18(8-19,9-19)17-28-27-16(31-17)10-3-12(4-10)32-20(23,24)25/h1-2,5,10,12H,3-4,6-9H2,(H,26,29). The van der Waals surface area contributed by atoms with Gasteiger partial charge < -0.3 is 14.5 Å². The van der Waals surface area contributed by atoms with Crippen LogP contribution in [0.15, 0.2) is 22.6 Å². The Morgan fingerprint density at radius 1 is 1.25 bits per heavy atom. The molecule has 12 heteroatoms. The lowest BCUT2D eigenvalue weighted by Gasteiger charge is -2.68. The monoisotopic (exact) mass is 475 g/mol. The number of carbonyl (C=O) groups is 1. The summed E-state index contributed by atoms with van der Waals surface area (Å²) in [6.07, 6.45) is -3.25. The molecule has 4 saturated carbocycles. The molecule has 1 aromatic carbocycles. The average molecular weight is 476 g/mol. The zero-order valence-corrected chi connectivity index (χ0v) is 17.3. The van der Waals surface area contributed by atoms with Crippen LogP contribution in [0.1, 0.15) is 49.8 Å². The molecule has 0 spiro atoms. The van der Waals surface area contributed by atoms with Crippen molar-refractivity contribution in [3.63, 3.8) is 0 Å². The maximum atomic E-state index is 13.4. The van der Waals surface area contributed by atoms with E-state index in [1.165, 1.54) is 12.1 Å². The summed E-state index contributed by atoms with van der Waals surface area (Å²) in [6, 6.07) is 3.93. The van der Waals surface area contributed by atoms with Crippen molar-refractivity contribution in [2.45, 2.75) is 61.4 Å². The van der Waals surface area contributed by atoms with Crippen LogP contribution in [-0.4, -0.2) is 40.7 Å². The number of aromatic nitrogens is 2. The quantitative estimate of drug-likeness (QED) is 0.609. The normalized spacial score (nSPS) is 30.7. The SMILES string of the molecule is O=C(COc1ccc(Cl)c(F)c1)NC12CC(c3nnc(C4CC(OC(F)(F)F)C4)o3)(C1)C2. The molecule has 172 valence electrons. The number of amides is 1. The Morgan fingerprint density at radius 2 is 1.97 bits per heavy atom. The van der Waals surface area contributed by atoms with E-state index in [0.717, 1.165) is 6.07 Å². The van der Waals surface area contributed by atoms with Crippen LogP contribution in [0.3, 0.4) is 0 Å². The lowest BCUT2D eigenvalue weighted by atomic mass is 9.39. The predicted molar refractivity (Wildman–Crippen MR) is 101 cm³/mol. The zero-order valence-electron chi connectivity index (χ0n) is 16.5. The van der Waals surface area contributed by atoms with E-state index in [1.807, 2.05) is 0 Å². The molecule has 4 aliphatic rings. The Balaban J connectivity index is 1.08. The van der Waals surface area contributed by atoms with Crippen LogP contribution in [0.25, 0.3) is 0 Å². The van der Waals surface area contributed by atoms with Crippen LogP contribution in [0, 0.1) is 5.82 Å². The third kappa shape index (κ3) is 3.92. The van der Waals surface area contributed by atoms with Gasteiger partial charge in [0.1, 0.15) is 11.6 Å². The number of rotatable bonds is 7. The van der Waals surface area contributed by atoms with Crippen molar-refractivity contribution in [2.75, 3.05) is 6.61 Å². The van der Waals surface area contributed by atoms with Gasteiger partial charge in [0.25, 0.3) is 5.91 Å². The van der Waals surface area contributed by atoms with Gasteiger partial charge in [-0.1, -0.05) is 11.6 Å². The van der Waals surface area contributed by atoms with Gasteiger partial charge in [0, 0.05) is 17.5 Å². The lowest BCUT2D eigenvalue weighted by molar-refractivity contribution is -0.352. The maximum absolute atomic E-state index is 13.4. The maximum Gasteiger partial charge on any atom is 0.522 e. The first-order valence-corrected chi connectivity index (χ1v) is 10.4. The highest BCUT2D eigenvalue weighted by Gasteiger charge is 2.72. The molecule has 4 aliphatic carbocycles. The molecule has 1 amide bonds. The molecule has 32 heavy (non-hydrogen) atoms. The number of benzene rings is 1. The van der Waals surface area contributed by atoms with Gasteiger partial charge in [0.05, 0.1) is 16.5 Å². The molecule has 0 atom stereocenters. The molecule has 1 heterocycles. The Labute approximate surface area is 184 Å². The summed E-state index contributed by atoms with van der Waals surface area (Å²) >= 11 is 5.61. The molecular weight excluding hydrogens is 458 g/mol. The second-order valence-electron chi connectivity index (χ2n) is 8.80. The Bertz CT molecular complexity index is 1030. The van der Waals surface area contributed by atoms with Gasteiger partial charge in [-0.05, 0) is 44.2 Å². The molecule has 4 fully saturated rings. The number of hydrogen-bond donors (Lipinski definition) is 1. The van der Waals surface area contributed by atoms with Crippen LogP contribution >= 0.6 is 11.6 Å². The minimum Gasteiger partial charge on any atom is -0.484 e. The van der Waals surface area contributed by atoms with E-state index in [1.54, 1.807) is 0 Å². The summed E-state index contributed by atoms with van der Waals surface area (Å²) in [4.78, 5) is 12.2. The van der Waals surface area contributed by atoms with Crippen molar-refractivity contribution in [1.82, 2.24) is 15.5 Å². The molecular formula is C20H18ClF4N3O4. The summed E-state index contributed by atoms with van der Waals surface area (Å²) in [5.74, 6) is -0.210. The highest BCUT2D eigenvalue weighted by atomic mass is 35.5. The summed E-state index contributed by atoms with van der Waals surface area (Å²) in [7, 11) is 0. The summed E-state index contributed by atoms with van der Waals surface area (Å²) in [5.41, 5.74) is -0.660. The minimum absolute atomic E-state index is 0.0306. The number of alkyl halides is 3. The molecule has 2 bridgehead atoms. The molecule has 0 saturated heterocycles. The molecule has 1 N–H and O–H groups in total. The Morgan fingerprint density at radius 3 is 2.62 bits per heavy atom. The van der Waals surface area contributed by atoms with Crippen molar-refractivity contribution in [2.24, 2.45) is 0 Å². The van der Waals surface area contributed by atoms with Crippen LogP contribution in [0.5, 0.6) is 5.75 Å². The molecule has 0 aliphatic heterocycles. The Kier molecular flexibility index (Phi) is 4.90. The van der Waals surface area contributed by atoms with Crippen molar-refractivity contribution < 1.29 is 36.2 Å². The van der Waals surface area contributed by atoms with Crippen LogP contribution < -0.4 is 10.1 Å². The smallest absolute Gasteiger partial charge is 0.484 e. The molecule has 7 nitrogen and oxygen atoms in total. The second-order valence-corrected chi connectivity index (χ2v) is 9.21. The topological polar surface area (TPSA) is 86.5 Å². The molecule has 0 radical (unpaired) electrons. The van der Waals surface area contributed by atoms with Crippen molar-refractivity contribution in [1.29, 1.82) is 0 Å². The number of hydrogen-bond acceptors (Lipinski definition) is 6.